The summed E-state index contributed by atoms with van der Waals surface area (Å²) in [6.07, 6.45) is 3.95. The number of hydrogen-bond acceptors (Lipinski definition) is 9. The predicted octanol–water partition coefficient (Wildman–Crippen LogP) is 4.48. The first-order valence-corrected chi connectivity index (χ1v) is 15.7. The lowest BCUT2D eigenvalue weighted by Crippen LogP contribution is -2.57. The van der Waals surface area contributed by atoms with Gasteiger partial charge in [-0.2, -0.15) is 0 Å². The third-order valence-electron chi connectivity index (χ3n) is 9.37. The molecule has 1 N–H and O–H groups in total. The first-order chi connectivity index (χ1) is 20.9. The summed E-state index contributed by atoms with van der Waals surface area (Å²) in [6.45, 7) is 9.52. The number of carbonyl (C=O) groups is 3. The maximum atomic E-state index is 14.2. The van der Waals surface area contributed by atoms with Gasteiger partial charge in [0.2, 0.25) is 11.8 Å². The highest BCUT2D eigenvalue weighted by atomic mass is 16.6. The summed E-state index contributed by atoms with van der Waals surface area (Å²) in [4.78, 5) is 51.9. The van der Waals surface area contributed by atoms with Gasteiger partial charge in [0.05, 0.1) is 37.3 Å². The molecule has 2 aromatic rings. The minimum absolute atomic E-state index is 0.146. The van der Waals surface area contributed by atoms with Crippen LogP contribution in [0, 0.1) is 17.3 Å². The van der Waals surface area contributed by atoms with Gasteiger partial charge in [-0.15, -0.1) is 0 Å². The summed E-state index contributed by atoms with van der Waals surface area (Å²) >= 11 is 0. The van der Waals surface area contributed by atoms with Crippen molar-refractivity contribution in [3.05, 3.63) is 23.9 Å². The van der Waals surface area contributed by atoms with Crippen molar-refractivity contribution in [1.29, 1.82) is 0 Å². The average molecular weight is 611 g/mol. The second-order valence-electron chi connectivity index (χ2n) is 13.7. The number of alkyl carbamates (subject to hydrolysis) is 1. The van der Waals surface area contributed by atoms with Crippen LogP contribution in [0.25, 0.3) is 11.0 Å². The SMILES string of the molecule is COC[C@@]12C[C@H]1CCCCCc1nc3ccc(OC)cc3nc1O[C@H]1CN(C(=O)[C@H](C(C)(C)C)NC(=O)O2)[C@H](C(C)=O)[C@@H]1C. The van der Waals surface area contributed by atoms with Crippen LogP contribution in [0.15, 0.2) is 18.2 Å². The van der Waals surface area contributed by atoms with E-state index in [2.05, 4.69) is 5.32 Å². The van der Waals surface area contributed by atoms with Crippen molar-refractivity contribution in [2.24, 2.45) is 17.3 Å². The third kappa shape index (κ3) is 6.48. The van der Waals surface area contributed by atoms with E-state index < -0.39 is 35.3 Å². The highest BCUT2D eigenvalue weighted by Gasteiger charge is 2.58. The number of hydrogen-bond donors (Lipinski definition) is 1. The molecule has 2 amide bonds. The van der Waals surface area contributed by atoms with Crippen LogP contribution in [0.5, 0.6) is 11.6 Å². The van der Waals surface area contributed by atoms with Crippen molar-refractivity contribution < 1.29 is 33.3 Å². The predicted molar refractivity (Wildman–Crippen MR) is 164 cm³/mol. The van der Waals surface area contributed by atoms with Crippen LogP contribution in [-0.2, 0) is 25.5 Å². The Morgan fingerprint density at radius 3 is 2.59 bits per heavy atom. The first-order valence-electron chi connectivity index (χ1n) is 15.7. The number of amides is 2. The molecule has 1 aliphatic carbocycles. The lowest BCUT2D eigenvalue weighted by atomic mass is 9.85. The topological polar surface area (TPSA) is 129 Å². The Labute approximate surface area is 259 Å². The van der Waals surface area contributed by atoms with Crippen LogP contribution in [0.1, 0.15) is 72.4 Å². The highest BCUT2D eigenvalue weighted by molar-refractivity contribution is 5.92. The van der Waals surface area contributed by atoms with Crippen LogP contribution in [0.4, 0.5) is 4.79 Å². The van der Waals surface area contributed by atoms with Gasteiger partial charge >= 0.3 is 6.09 Å². The fraction of sp³-hybridized carbons (Fsp3) is 0.667. The summed E-state index contributed by atoms with van der Waals surface area (Å²) in [6, 6.07) is 3.92. The standard InChI is InChI=1S/C33H46N4O7/c1-19-26-17-37(27(19)20(2)38)30(39)28(32(3,4)5)36-31(40)44-33(18-41-6)16-21(33)11-9-8-10-12-24-29(43-26)35-25-15-22(42-7)13-14-23(25)34-24/h13-15,19,21,26-28H,8-12,16-18H2,1-7H3,(H,36,40)/t19-,21-,26+,27+,28-,33+/m1/s1. The zero-order valence-corrected chi connectivity index (χ0v) is 27.0. The monoisotopic (exact) mass is 610 g/mol. The molecule has 1 saturated heterocycles. The summed E-state index contributed by atoms with van der Waals surface area (Å²) in [5.74, 6) is 0.449. The van der Waals surface area contributed by atoms with Gasteiger partial charge in [0.1, 0.15) is 29.2 Å². The second-order valence-corrected chi connectivity index (χ2v) is 13.7. The van der Waals surface area contributed by atoms with Crippen LogP contribution >= 0.6 is 0 Å². The van der Waals surface area contributed by atoms with E-state index in [1.165, 1.54) is 6.92 Å². The van der Waals surface area contributed by atoms with Gasteiger partial charge in [-0.1, -0.05) is 40.5 Å². The quantitative estimate of drug-likeness (QED) is 0.533. The normalized spacial score (nSPS) is 29.8. The van der Waals surface area contributed by atoms with Crippen molar-refractivity contribution >= 4 is 28.8 Å². The smallest absolute Gasteiger partial charge is 0.408 e. The summed E-state index contributed by atoms with van der Waals surface area (Å²) < 4.78 is 23.4. The highest BCUT2D eigenvalue weighted by Crippen LogP contribution is 2.50. The molecule has 3 aliphatic rings. The molecular formula is C33H46N4O7. The van der Waals surface area contributed by atoms with Crippen LogP contribution in [0.3, 0.4) is 0 Å². The molecular weight excluding hydrogens is 564 g/mol. The van der Waals surface area contributed by atoms with Gasteiger partial charge in [-0.05, 0) is 50.2 Å². The molecule has 1 aromatic heterocycles. The van der Waals surface area contributed by atoms with E-state index in [4.69, 9.17) is 28.9 Å². The van der Waals surface area contributed by atoms with E-state index in [1.807, 2.05) is 45.9 Å². The molecule has 1 saturated carbocycles. The Bertz CT molecular complexity index is 1410. The van der Waals surface area contributed by atoms with E-state index >= 15 is 0 Å². The number of ketones is 1. The van der Waals surface area contributed by atoms with Crippen LogP contribution < -0.4 is 14.8 Å². The Balaban J connectivity index is 1.52. The maximum absolute atomic E-state index is 14.2. The first kappa shape index (κ1) is 31.9. The number of rotatable bonds is 4. The number of benzene rings is 1. The largest absolute Gasteiger partial charge is 0.497 e. The number of fused-ring (bicyclic) bond motifs is 5. The number of ether oxygens (including phenoxy) is 4. The molecule has 6 atom stereocenters. The molecule has 2 fully saturated rings. The number of nitrogens with one attached hydrogen (secondary N) is 1. The molecule has 2 bridgehead atoms. The molecule has 11 nitrogen and oxygen atoms in total. The molecule has 240 valence electrons. The number of methoxy groups -OCH3 is 2. The molecule has 0 unspecified atom stereocenters. The molecule has 0 radical (unpaired) electrons. The Morgan fingerprint density at radius 1 is 1.14 bits per heavy atom. The number of aryl methyl sites for hydroxylation is 1. The zero-order valence-electron chi connectivity index (χ0n) is 27.0. The van der Waals surface area contributed by atoms with Gasteiger partial charge in [0.15, 0.2) is 5.78 Å². The maximum Gasteiger partial charge on any atom is 0.408 e. The summed E-state index contributed by atoms with van der Waals surface area (Å²) in [5, 5.41) is 2.86. The van der Waals surface area contributed by atoms with Crippen LogP contribution in [0.2, 0.25) is 0 Å². The van der Waals surface area contributed by atoms with E-state index in [0.717, 1.165) is 43.3 Å². The van der Waals surface area contributed by atoms with Crippen molar-refractivity contribution in [2.45, 2.75) is 96.9 Å². The fourth-order valence-electron chi connectivity index (χ4n) is 6.81. The van der Waals surface area contributed by atoms with E-state index in [9.17, 15) is 14.4 Å². The summed E-state index contributed by atoms with van der Waals surface area (Å²) in [7, 11) is 3.21. The Morgan fingerprint density at radius 2 is 1.91 bits per heavy atom. The van der Waals surface area contributed by atoms with Gasteiger partial charge in [0.25, 0.3) is 0 Å². The van der Waals surface area contributed by atoms with Gasteiger partial charge < -0.3 is 29.2 Å². The molecule has 5 rings (SSSR count). The summed E-state index contributed by atoms with van der Waals surface area (Å²) in [5.41, 5.74) is 0.788. The van der Waals surface area contributed by atoms with Gasteiger partial charge in [-0.3, -0.25) is 9.59 Å². The van der Waals surface area contributed by atoms with Crippen molar-refractivity contribution in [1.82, 2.24) is 20.2 Å². The minimum Gasteiger partial charge on any atom is -0.497 e. The lowest BCUT2D eigenvalue weighted by Gasteiger charge is -2.35. The van der Waals surface area contributed by atoms with E-state index in [1.54, 1.807) is 19.1 Å². The fourth-order valence-corrected chi connectivity index (χ4v) is 6.81. The van der Waals surface area contributed by atoms with Gasteiger partial charge in [-0.25, -0.2) is 14.8 Å². The Kier molecular flexibility index (Phi) is 9.07. The molecule has 1 aromatic carbocycles. The molecule has 2 aliphatic heterocycles. The molecule has 11 heteroatoms. The van der Waals surface area contributed by atoms with E-state index in [0.29, 0.717) is 30.2 Å². The number of Topliss-reactive ketones (excluding diaryl/α,β-unsaturated/α-hetero) is 1. The molecule has 0 spiro atoms. The van der Waals surface area contributed by atoms with E-state index in [-0.39, 0.29) is 30.1 Å². The molecule has 3 heterocycles. The van der Waals surface area contributed by atoms with Gasteiger partial charge in [0, 0.05) is 25.0 Å². The number of aromatic nitrogens is 2. The number of carbonyl (C=O) groups excluding carboxylic acids is 3. The third-order valence-corrected chi connectivity index (χ3v) is 9.37. The average Bonchev–Trinajstić information content (AvgIpc) is 3.51. The lowest BCUT2D eigenvalue weighted by molar-refractivity contribution is -0.141. The minimum atomic E-state index is -0.929. The van der Waals surface area contributed by atoms with Crippen molar-refractivity contribution in [2.75, 3.05) is 27.4 Å². The van der Waals surface area contributed by atoms with Crippen LogP contribution in [-0.4, -0.2) is 83.8 Å². The second kappa shape index (κ2) is 12.5. The number of nitrogens with zero attached hydrogens (tertiary/aromatic N) is 3. The van der Waals surface area contributed by atoms with Crippen molar-refractivity contribution in [3.8, 4) is 11.6 Å². The Hall–Kier alpha value is -3.47. The molecule has 44 heavy (non-hydrogen) atoms. The zero-order chi connectivity index (χ0) is 31.8. The van der Waals surface area contributed by atoms with Crippen molar-refractivity contribution in [3.63, 3.8) is 0 Å².